The summed E-state index contributed by atoms with van der Waals surface area (Å²) in [5.74, 6) is 1.56. The van der Waals surface area contributed by atoms with E-state index in [-0.39, 0.29) is 12.4 Å². The van der Waals surface area contributed by atoms with Crippen molar-refractivity contribution in [3.05, 3.63) is 65.7 Å². The Morgan fingerprint density at radius 1 is 1.04 bits per heavy atom. The zero-order valence-corrected chi connectivity index (χ0v) is 17.2. The highest BCUT2D eigenvalue weighted by Crippen LogP contribution is 2.18. The number of benzene rings is 2. The molecule has 1 aromatic heterocycles. The Bertz CT molecular complexity index is 790. The SMILES string of the molecule is CC(C)c1ccc(CNCCCSc2nnnn2-c2ccccc2)cc1.[Cl-]. The summed E-state index contributed by atoms with van der Waals surface area (Å²) in [6, 6.07) is 18.9. The van der Waals surface area contributed by atoms with Crippen molar-refractivity contribution in [1.29, 1.82) is 0 Å². The van der Waals surface area contributed by atoms with Crippen LogP contribution in [0.4, 0.5) is 0 Å². The molecule has 0 fully saturated rings. The molecule has 1 N–H and O–H groups in total. The van der Waals surface area contributed by atoms with Gasteiger partial charge in [0.2, 0.25) is 5.16 Å². The number of hydrogen-bond acceptors (Lipinski definition) is 5. The number of rotatable bonds is 9. The van der Waals surface area contributed by atoms with Crippen molar-refractivity contribution in [3.8, 4) is 5.69 Å². The second-order valence-electron chi connectivity index (χ2n) is 6.48. The normalized spacial score (nSPS) is 10.8. The lowest BCUT2D eigenvalue weighted by molar-refractivity contribution is -0.00000555. The topological polar surface area (TPSA) is 55.6 Å². The van der Waals surface area contributed by atoms with E-state index in [2.05, 4.69) is 59.0 Å². The first-order valence-corrected chi connectivity index (χ1v) is 9.99. The predicted molar refractivity (Wildman–Crippen MR) is 107 cm³/mol. The number of thioether (sulfide) groups is 1. The Kier molecular flexibility index (Phi) is 8.78. The number of tetrazole rings is 1. The fourth-order valence-corrected chi connectivity index (χ4v) is 3.44. The third-order valence-corrected chi connectivity index (χ3v) is 5.15. The van der Waals surface area contributed by atoms with Gasteiger partial charge in [-0.3, -0.25) is 0 Å². The maximum absolute atomic E-state index is 4.12. The molecule has 3 aromatic rings. The van der Waals surface area contributed by atoms with Crippen LogP contribution < -0.4 is 17.7 Å². The smallest absolute Gasteiger partial charge is 0.214 e. The van der Waals surface area contributed by atoms with E-state index >= 15 is 0 Å². The average molecular weight is 403 g/mol. The zero-order chi connectivity index (χ0) is 18.2. The molecule has 27 heavy (non-hydrogen) atoms. The summed E-state index contributed by atoms with van der Waals surface area (Å²) in [7, 11) is 0. The van der Waals surface area contributed by atoms with Crippen molar-refractivity contribution in [1.82, 2.24) is 25.5 Å². The lowest BCUT2D eigenvalue weighted by Crippen LogP contribution is -3.00. The summed E-state index contributed by atoms with van der Waals surface area (Å²) < 4.78 is 1.79. The van der Waals surface area contributed by atoms with Gasteiger partial charge >= 0.3 is 0 Å². The lowest BCUT2D eigenvalue weighted by atomic mass is 10.0. The quantitative estimate of drug-likeness (QED) is 0.428. The van der Waals surface area contributed by atoms with Crippen molar-refractivity contribution < 1.29 is 12.4 Å². The van der Waals surface area contributed by atoms with Crippen LogP contribution in [-0.2, 0) is 6.54 Å². The molecule has 0 aliphatic rings. The minimum atomic E-state index is 0. The van der Waals surface area contributed by atoms with Gasteiger partial charge in [0.05, 0.1) is 5.69 Å². The van der Waals surface area contributed by atoms with Crippen molar-refractivity contribution in [2.75, 3.05) is 12.3 Å². The summed E-state index contributed by atoms with van der Waals surface area (Å²) in [6.45, 7) is 6.33. The number of halogens is 1. The molecule has 0 radical (unpaired) electrons. The average Bonchev–Trinajstić information content (AvgIpc) is 3.14. The lowest BCUT2D eigenvalue weighted by Gasteiger charge is -2.08. The summed E-state index contributed by atoms with van der Waals surface area (Å²) in [5.41, 5.74) is 3.71. The molecule has 0 aliphatic carbocycles. The largest absolute Gasteiger partial charge is 1.00 e. The maximum Gasteiger partial charge on any atom is 0.214 e. The van der Waals surface area contributed by atoms with Crippen LogP contribution in [0, 0.1) is 0 Å². The molecule has 0 unspecified atom stereocenters. The highest BCUT2D eigenvalue weighted by molar-refractivity contribution is 7.99. The van der Waals surface area contributed by atoms with Gasteiger partial charge in [0.15, 0.2) is 0 Å². The molecule has 0 bridgehead atoms. The molecule has 2 aromatic carbocycles. The van der Waals surface area contributed by atoms with E-state index in [1.54, 1.807) is 16.4 Å². The van der Waals surface area contributed by atoms with E-state index in [0.717, 1.165) is 36.1 Å². The molecule has 0 atom stereocenters. The van der Waals surface area contributed by atoms with E-state index in [9.17, 15) is 0 Å². The Hall–Kier alpha value is -1.89. The molecule has 1 heterocycles. The van der Waals surface area contributed by atoms with Crippen LogP contribution in [0.1, 0.15) is 37.3 Å². The molecule has 0 saturated heterocycles. The van der Waals surface area contributed by atoms with Gasteiger partial charge in [0, 0.05) is 12.3 Å². The van der Waals surface area contributed by atoms with Crippen LogP contribution >= 0.6 is 11.8 Å². The van der Waals surface area contributed by atoms with Crippen LogP contribution in [0.5, 0.6) is 0 Å². The monoisotopic (exact) mass is 402 g/mol. The van der Waals surface area contributed by atoms with Crippen molar-refractivity contribution in [2.24, 2.45) is 0 Å². The summed E-state index contributed by atoms with van der Waals surface area (Å²) in [4.78, 5) is 0. The van der Waals surface area contributed by atoms with Gasteiger partial charge in [-0.1, -0.05) is 68.1 Å². The molecule has 0 aliphatic heterocycles. The molecular weight excluding hydrogens is 378 g/mol. The minimum absolute atomic E-state index is 0. The fraction of sp³-hybridized carbons (Fsp3) is 0.350. The molecule has 7 heteroatoms. The Morgan fingerprint density at radius 2 is 1.78 bits per heavy atom. The third-order valence-electron chi connectivity index (χ3n) is 4.15. The van der Waals surface area contributed by atoms with Crippen LogP contribution in [0.2, 0.25) is 0 Å². The van der Waals surface area contributed by atoms with Gasteiger partial charge in [0.25, 0.3) is 0 Å². The van der Waals surface area contributed by atoms with E-state index < -0.39 is 0 Å². The van der Waals surface area contributed by atoms with E-state index in [1.807, 2.05) is 30.3 Å². The summed E-state index contributed by atoms with van der Waals surface area (Å²) in [5, 5.41) is 16.3. The molecule has 3 rings (SSSR count). The van der Waals surface area contributed by atoms with Crippen molar-refractivity contribution in [2.45, 2.75) is 37.9 Å². The summed E-state index contributed by atoms with van der Waals surface area (Å²) >= 11 is 1.69. The highest BCUT2D eigenvalue weighted by atomic mass is 35.5. The zero-order valence-electron chi connectivity index (χ0n) is 15.7. The van der Waals surface area contributed by atoms with Crippen LogP contribution in [-0.4, -0.2) is 32.5 Å². The first-order valence-electron chi connectivity index (χ1n) is 9.00. The fourth-order valence-electron chi connectivity index (χ4n) is 2.61. The third kappa shape index (κ3) is 6.34. The minimum Gasteiger partial charge on any atom is -1.00 e. The number of nitrogens with zero attached hydrogens (tertiary/aromatic N) is 4. The number of para-hydroxylation sites is 1. The molecule has 5 nitrogen and oxygen atoms in total. The number of hydrogen-bond donors (Lipinski definition) is 1. The second-order valence-corrected chi connectivity index (χ2v) is 7.55. The number of nitrogens with one attached hydrogen (secondary N) is 1. The van der Waals surface area contributed by atoms with Gasteiger partial charge in [-0.2, -0.15) is 4.68 Å². The Balaban J connectivity index is 0.00000261. The van der Waals surface area contributed by atoms with Crippen LogP contribution in [0.25, 0.3) is 5.69 Å². The van der Waals surface area contributed by atoms with E-state index in [1.165, 1.54) is 11.1 Å². The summed E-state index contributed by atoms with van der Waals surface area (Å²) in [6.07, 6.45) is 1.07. The molecule has 144 valence electrons. The first kappa shape index (κ1) is 21.4. The Labute approximate surface area is 171 Å². The van der Waals surface area contributed by atoms with E-state index in [0.29, 0.717) is 5.92 Å². The standard InChI is InChI=1S/C20H25N5S.ClH/c1-16(2)18-11-9-17(10-12-18)15-21-13-6-14-26-20-22-23-24-25(20)19-7-4-3-5-8-19;/h3-5,7-12,16,21H,6,13-15H2,1-2H3;1H/p-1. The number of aromatic nitrogens is 4. The predicted octanol–water partition coefficient (Wildman–Crippen LogP) is 1.06. The molecule has 0 saturated carbocycles. The van der Waals surface area contributed by atoms with Crippen LogP contribution in [0.15, 0.2) is 59.8 Å². The van der Waals surface area contributed by atoms with Crippen molar-refractivity contribution in [3.63, 3.8) is 0 Å². The van der Waals surface area contributed by atoms with Gasteiger partial charge in [-0.25, -0.2) is 0 Å². The maximum atomic E-state index is 4.12. The second kappa shape index (κ2) is 11.1. The van der Waals surface area contributed by atoms with E-state index in [4.69, 9.17) is 0 Å². The first-order chi connectivity index (χ1) is 12.7. The van der Waals surface area contributed by atoms with Crippen LogP contribution in [0.3, 0.4) is 0 Å². The van der Waals surface area contributed by atoms with Gasteiger partial charge in [-0.05, 0) is 52.6 Å². The molecule has 0 amide bonds. The molecular formula is C20H25ClN5S-. The van der Waals surface area contributed by atoms with Crippen molar-refractivity contribution >= 4 is 11.8 Å². The van der Waals surface area contributed by atoms with Gasteiger partial charge < -0.3 is 17.7 Å². The molecule has 0 spiro atoms. The Morgan fingerprint density at radius 3 is 2.48 bits per heavy atom. The van der Waals surface area contributed by atoms with Gasteiger partial charge in [-0.15, -0.1) is 5.10 Å². The highest BCUT2D eigenvalue weighted by Gasteiger charge is 2.08. The van der Waals surface area contributed by atoms with Gasteiger partial charge in [0.1, 0.15) is 0 Å².